The zero-order chi connectivity index (χ0) is 12.3. The van der Waals surface area contributed by atoms with Crippen molar-refractivity contribution in [3.05, 3.63) is 23.8 Å². The number of carbonyl (C=O) groups excluding carboxylic acids is 1. The van der Waals surface area contributed by atoms with Crippen molar-refractivity contribution in [3.8, 4) is 5.75 Å². The highest BCUT2D eigenvalue weighted by Gasteiger charge is 2.18. The van der Waals surface area contributed by atoms with Gasteiger partial charge in [0.15, 0.2) is 6.61 Å². The van der Waals surface area contributed by atoms with Crippen LogP contribution in [0.25, 0.3) is 0 Å². The Kier molecular flexibility index (Phi) is 3.91. The summed E-state index contributed by atoms with van der Waals surface area (Å²) in [4.78, 5) is 11.2. The van der Waals surface area contributed by atoms with E-state index in [1.807, 2.05) is 25.2 Å². The van der Waals surface area contributed by atoms with Crippen LogP contribution < -0.4 is 15.4 Å². The van der Waals surface area contributed by atoms with Crippen molar-refractivity contribution in [1.82, 2.24) is 5.32 Å². The lowest BCUT2D eigenvalue weighted by Crippen LogP contribution is -2.26. The number of hydrogen-bond donors (Lipinski definition) is 2. The quantitative estimate of drug-likeness (QED) is 0.855. The van der Waals surface area contributed by atoms with E-state index in [0.717, 1.165) is 22.8 Å². The lowest BCUT2D eigenvalue weighted by molar-refractivity contribution is -0.118. The number of nitrogens with one attached hydrogen (secondary N) is 2. The van der Waals surface area contributed by atoms with Gasteiger partial charge in [0.2, 0.25) is 0 Å². The molecule has 2 N–H and O–H groups in total. The first-order valence-corrected chi connectivity index (χ1v) is 6.86. The fourth-order valence-corrected chi connectivity index (χ4v) is 2.52. The van der Waals surface area contributed by atoms with Crippen LogP contribution in [-0.4, -0.2) is 31.6 Å². The Morgan fingerprint density at radius 2 is 2.41 bits per heavy atom. The summed E-state index contributed by atoms with van der Waals surface area (Å²) >= 11 is 1.79. The normalized spacial score (nSPS) is 15.8. The topological polar surface area (TPSA) is 50.4 Å². The molecule has 0 spiro atoms. The molecule has 2 rings (SSSR count). The smallest absolute Gasteiger partial charge is 0.262 e. The second-order valence-corrected chi connectivity index (χ2v) is 4.80. The number of fused-ring (bicyclic) bond motifs is 1. The van der Waals surface area contributed by atoms with Crippen LogP contribution in [-0.2, 0) is 4.79 Å². The molecule has 0 aromatic heterocycles. The minimum absolute atomic E-state index is 0.0967. The molecule has 1 aliphatic rings. The van der Waals surface area contributed by atoms with Gasteiger partial charge in [-0.25, -0.2) is 0 Å². The van der Waals surface area contributed by atoms with Gasteiger partial charge >= 0.3 is 0 Å². The molecule has 1 amide bonds. The number of thioether (sulfide) groups is 1. The molecule has 0 saturated heterocycles. The van der Waals surface area contributed by atoms with E-state index in [0.29, 0.717) is 0 Å². The molecule has 0 fully saturated rings. The molecule has 17 heavy (non-hydrogen) atoms. The molecule has 0 saturated carbocycles. The van der Waals surface area contributed by atoms with Gasteiger partial charge in [-0.1, -0.05) is 6.07 Å². The van der Waals surface area contributed by atoms with Crippen LogP contribution in [0.1, 0.15) is 11.6 Å². The highest BCUT2D eigenvalue weighted by molar-refractivity contribution is 7.98. The number of carbonyl (C=O) groups is 1. The first-order chi connectivity index (χ1) is 8.24. The van der Waals surface area contributed by atoms with E-state index in [1.54, 1.807) is 11.8 Å². The van der Waals surface area contributed by atoms with Crippen LogP contribution in [0.15, 0.2) is 18.2 Å². The fraction of sp³-hybridized carbons (Fsp3) is 0.417. The second kappa shape index (κ2) is 5.42. The van der Waals surface area contributed by atoms with Crippen molar-refractivity contribution < 1.29 is 9.53 Å². The number of hydrogen-bond acceptors (Lipinski definition) is 4. The minimum atomic E-state index is -0.0967. The van der Waals surface area contributed by atoms with Crippen molar-refractivity contribution in [2.75, 3.05) is 31.0 Å². The van der Waals surface area contributed by atoms with E-state index in [-0.39, 0.29) is 18.6 Å². The lowest BCUT2D eigenvalue weighted by atomic mass is 10.1. The third kappa shape index (κ3) is 2.73. The van der Waals surface area contributed by atoms with Gasteiger partial charge in [0.05, 0.1) is 5.69 Å². The number of ether oxygens (including phenoxy) is 1. The number of rotatable bonds is 4. The summed E-state index contributed by atoms with van der Waals surface area (Å²) in [6, 6.07) is 6.21. The molecule has 0 radical (unpaired) electrons. The van der Waals surface area contributed by atoms with Gasteiger partial charge in [-0.05, 0) is 31.0 Å². The summed E-state index contributed by atoms with van der Waals surface area (Å²) in [6.45, 7) is 0.104. The summed E-state index contributed by atoms with van der Waals surface area (Å²) < 4.78 is 5.33. The van der Waals surface area contributed by atoms with E-state index in [1.165, 1.54) is 0 Å². The Morgan fingerprint density at radius 1 is 1.59 bits per heavy atom. The number of benzene rings is 1. The zero-order valence-corrected chi connectivity index (χ0v) is 10.8. The molecular weight excluding hydrogens is 236 g/mol. The van der Waals surface area contributed by atoms with Crippen molar-refractivity contribution in [2.45, 2.75) is 6.04 Å². The van der Waals surface area contributed by atoms with Crippen molar-refractivity contribution >= 4 is 23.4 Å². The maximum Gasteiger partial charge on any atom is 0.262 e. The Hall–Kier alpha value is -1.20. The summed E-state index contributed by atoms with van der Waals surface area (Å²) in [7, 11) is 1.94. The molecule has 1 heterocycles. The van der Waals surface area contributed by atoms with Crippen LogP contribution in [0, 0.1) is 0 Å². The average molecular weight is 252 g/mol. The average Bonchev–Trinajstić information content (AvgIpc) is 2.35. The lowest BCUT2D eigenvalue weighted by Gasteiger charge is -2.21. The van der Waals surface area contributed by atoms with Gasteiger partial charge in [0, 0.05) is 11.8 Å². The molecule has 1 aliphatic heterocycles. The first kappa shape index (κ1) is 12.3. The Morgan fingerprint density at radius 3 is 3.12 bits per heavy atom. The largest absolute Gasteiger partial charge is 0.482 e. The summed E-state index contributed by atoms with van der Waals surface area (Å²) in [6.07, 6.45) is 2.08. The van der Waals surface area contributed by atoms with Gasteiger partial charge in [0.1, 0.15) is 5.75 Å². The molecule has 1 aromatic carbocycles. The van der Waals surface area contributed by atoms with Gasteiger partial charge in [-0.15, -0.1) is 0 Å². The van der Waals surface area contributed by atoms with Crippen molar-refractivity contribution in [1.29, 1.82) is 0 Å². The van der Waals surface area contributed by atoms with Crippen LogP contribution in [0.5, 0.6) is 5.75 Å². The van der Waals surface area contributed by atoms with Gasteiger partial charge in [0.25, 0.3) is 5.91 Å². The second-order valence-electron chi connectivity index (χ2n) is 3.89. The van der Waals surface area contributed by atoms with E-state index in [9.17, 15) is 4.79 Å². The SMILES string of the molecule is CNC(CSC)c1ccc2c(c1)NC(=O)CO2. The van der Waals surface area contributed by atoms with Crippen LogP contribution in [0.2, 0.25) is 0 Å². The monoisotopic (exact) mass is 252 g/mol. The van der Waals surface area contributed by atoms with E-state index < -0.39 is 0 Å². The Labute approximate surface area is 105 Å². The number of anilines is 1. The van der Waals surface area contributed by atoms with Gasteiger partial charge in [-0.3, -0.25) is 4.79 Å². The predicted molar refractivity (Wildman–Crippen MR) is 70.7 cm³/mol. The summed E-state index contributed by atoms with van der Waals surface area (Å²) in [5, 5.41) is 6.09. The first-order valence-electron chi connectivity index (χ1n) is 5.47. The molecule has 1 aromatic rings. The molecule has 0 aliphatic carbocycles. The fourth-order valence-electron chi connectivity index (χ4n) is 1.83. The molecule has 4 nitrogen and oxygen atoms in total. The van der Waals surface area contributed by atoms with Crippen molar-refractivity contribution in [2.24, 2.45) is 0 Å². The van der Waals surface area contributed by atoms with Crippen LogP contribution in [0.3, 0.4) is 0 Å². The predicted octanol–water partition coefficient (Wildman–Crippen LogP) is 1.64. The number of amides is 1. The molecule has 5 heteroatoms. The maximum absolute atomic E-state index is 11.2. The minimum Gasteiger partial charge on any atom is -0.482 e. The third-order valence-corrected chi connectivity index (χ3v) is 3.39. The summed E-state index contributed by atoms with van der Waals surface area (Å²) in [5.74, 6) is 1.64. The van der Waals surface area contributed by atoms with E-state index in [4.69, 9.17) is 4.74 Å². The zero-order valence-electron chi connectivity index (χ0n) is 9.95. The van der Waals surface area contributed by atoms with Crippen LogP contribution >= 0.6 is 11.8 Å². The Bertz CT molecular complexity index is 423. The Balaban J connectivity index is 2.25. The van der Waals surface area contributed by atoms with Crippen LogP contribution in [0.4, 0.5) is 5.69 Å². The van der Waals surface area contributed by atoms with E-state index in [2.05, 4.69) is 16.9 Å². The van der Waals surface area contributed by atoms with E-state index >= 15 is 0 Å². The standard InChI is InChI=1S/C12H16N2O2S/c1-13-10(7-17-2)8-3-4-11-9(5-8)14-12(15)6-16-11/h3-5,10,13H,6-7H2,1-2H3,(H,14,15). The molecule has 0 bridgehead atoms. The van der Waals surface area contributed by atoms with Gasteiger partial charge in [-0.2, -0.15) is 11.8 Å². The third-order valence-electron chi connectivity index (χ3n) is 2.72. The molecule has 92 valence electrons. The molecule has 1 atom stereocenters. The highest BCUT2D eigenvalue weighted by Crippen LogP contribution is 2.31. The van der Waals surface area contributed by atoms with Crippen molar-refractivity contribution in [3.63, 3.8) is 0 Å². The highest BCUT2D eigenvalue weighted by atomic mass is 32.2. The van der Waals surface area contributed by atoms with Gasteiger partial charge < -0.3 is 15.4 Å². The molecule has 1 unspecified atom stereocenters. The summed E-state index contributed by atoms with van der Waals surface area (Å²) in [5.41, 5.74) is 1.92. The maximum atomic E-state index is 11.2. The molecular formula is C12H16N2O2S.